The molecule has 0 saturated carbocycles. The molecule has 0 bridgehead atoms. The summed E-state index contributed by atoms with van der Waals surface area (Å²) in [6.07, 6.45) is 0.263. The highest BCUT2D eigenvalue weighted by Crippen LogP contribution is 2.18. The van der Waals surface area contributed by atoms with E-state index in [1.165, 1.54) is 19.2 Å². The Kier molecular flexibility index (Phi) is 5.86. The number of carbonyl (C=O) groups is 1. The Hall–Kier alpha value is -1.47. The van der Waals surface area contributed by atoms with Gasteiger partial charge in [0.25, 0.3) is 0 Å². The van der Waals surface area contributed by atoms with E-state index >= 15 is 0 Å². The van der Waals surface area contributed by atoms with Crippen LogP contribution in [0.5, 0.6) is 0 Å². The number of ether oxygens (including phenoxy) is 1. The Morgan fingerprint density at radius 3 is 2.52 bits per heavy atom. The van der Waals surface area contributed by atoms with Gasteiger partial charge in [0.2, 0.25) is 10.0 Å². The fourth-order valence-corrected chi connectivity index (χ4v) is 3.23. The van der Waals surface area contributed by atoms with E-state index in [9.17, 15) is 17.6 Å². The molecule has 118 valence electrons. The third-order valence-corrected chi connectivity index (χ3v) is 4.35. The van der Waals surface area contributed by atoms with Gasteiger partial charge >= 0.3 is 5.97 Å². The molecule has 1 aromatic rings. The van der Waals surface area contributed by atoms with Crippen LogP contribution >= 0.6 is 0 Å². The van der Waals surface area contributed by atoms with Gasteiger partial charge in [0.1, 0.15) is 16.8 Å². The van der Waals surface area contributed by atoms with Gasteiger partial charge in [-0.05, 0) is 37.0 Å². The molecule has 0 fully saturated rings. The molecule has 1 unspecified atom stereocenters. The molecule has 0 amide bonds. The molecule has 1 rings (SSSR count). The van der Waals surface area contributed by atoms with Crippen molar-refractivity contribution in [3.8, 4) is 0 Å². The molecule has 0 aliphatic rings. The smallest absolute Gasteiger partial charge is 0.323 e. The molecule has 0 spiro atoms. The lowest BCUT2D eigenvalue weighted by molar-refractivity contribution is -0.143. The third-order valence-electron chi connectivity index (χ3n) is 2.87. The monoisotopic (exact) mass is 317 g/mol. The van der Waals surface area contributed by atoms with Crippen LogP contribution in [-0.2, 0) is 19.6 Å². The Bertz CT molecular complexity index is 613. The van der Waals surface area contributed by atoms with Crippen molar-refractivity contribution in [2.24, 2.45) is 5.92 Å². The molecular formula is C14H20FNO4S. The number of hydrogen-bond donors (Lipinski definition) is 1. The van der Waals surface area contributed by atoms with Crippen LogP contribution in [0.3, 0.4) is 0 Å². The first-order chi connectivity index (χ1) is 9.67. The normalized spacial score (nSPS) is 13.2. The van der Waals surface area contributed by atoms with Crippen molar-refractivity contribution >= 4 is 16.0 Å². The van der Waals surface area contributed by atoms with Gasteiger partial charge in [0.05, 0.1) is 7.11 Å². The summed E-state index contributed by atoms with van der Waals surface area (Å²) in [4.78, 5) is 11.2. The summed E-state index contributed by atoms with van der Waals surface area (Å²) in [6, 6.07) is 2.74. The lowest BCUT2D eigenvalue weighted by atomic mass is 10.1. The van der Waals surface area contributed by atoms with E-state index in [1.54, 1.807) is 6.92 Å². The van der Waals surface area contributed by atoms with E-state index in [0.29, 0.717) is 5.56 Å². The fourth-order valence-electron chi connectivity index (χ4n) is 1.87. The number of rotatable bonds is 6. The van der Waals surface area contributed by atoms with Gasteiger partial charge in [-0.1, -0.05) is 19.9 Å². The molecule has 0 heterocycles. The van der Waals surface area contributed by atoms with Crippen LogP contribution in [0.4, 0.5) is 4.39 Å². The van der Waals surface area contributed by atoms with Crippen LogP contribution in [0.25, 0.3) is 0 Å². The second-order valence-electron chi connectivity index (χ2n) is 5.26. The molecule has 5 nitrogen and oxygen atoms in total. The van der Waals surface area contributed by atoms with Crippen molar-refractivity contribution in [2.75, 3.05) is 7.11 Å². The van der Waals surface area contributed by atoms with Gasteiger partial charge in [-0.15, -0.1) is 0 Å². The Morgan fingerprint density at radius 1 is 1.38 bits per heavy atom. The molecule has 1 atom stereocenters. The number of benzene rings is 1. The number of halogens is 1. The predicted octanol–water partition coefficient (Wildman–Crippen LogP) is 2.00. The van der Waals surface area contributed by atoms with Crippen LogP contribution in [0.2, 0.25) is 0 Å². The van der Waals surface area contributed by atoms with E-state index < -0.39 is 32.7 Å². The summed E-state index contributed by atoms with van der Waals surface area (Å²) in [5, 5.41) is 0. The molecular weight excluding hydrogens is 297 g/mol. The van der Waals surface area contributed by atoms with Gasteiger partial charge in [-0.2, -0.15) is 4.72 Å². The topological polar surface area (TPSA) is 72.5 Å². The zero-order chi connectivity index (χ0) is 16.2. The number of esters is 1. The van der Waals surface area contributed by atoms with Crippen LogP contribution in [0.1, 0.15) is 25.8 Å². The standard InChI is InChI=1S/C14H20FNO4S/c1-9(2)7-12(14(17)20-4)16-21(18,19)13-8-10(3)5-6-11(13)15/h5-6,8-9,12,16H,7H2,1-4H3. The zero-order valence-electron chi connectivity index (χ0n) is 12.5. The average Bonchev–Trinajstić information content (AvgIpc) is 2.38. The summed E-state index contributed by atoms with van der Waals surface area (Å²) >= 11 is 0. The first-order valence-electron chi connectivity index (χ1n) is 6.53. The Morgan fingerprint density at radius 2 is 2.00 bits per heavy atom. The second kappa shape index (κ2) is 7.00. The highest BCUT2D eigenvalue weighted by molar-refractivity contribution is 7.89. The van der Waals surface area contributed by atoms with Crippen molar-refractivity contribution in [1.29, 1.82) is 0 Å². The Balaban J connectivity index is 3.11. The number of sulfonamides is 1. The van der Waals surface area contributed by atoms with Crippen molar-refractivity contribution in [3.05, 3.63) is 29.6 Å². The summed E-state index contributed by atoms with van der Waals surface area (Å²) in [6.45, 7) is 5.35. The van der Waals surface area contributed by atoms with E-state index in [2.05, 4.69) is 9.46 Å². The van der Waals surface area contributed by atoms with Crippen molar-refractivity contribution in [3.63, 3.8) is 0 Å². The lowest BCUT2D eigenvalue weighted by Gasteiger charge is -2.18. The molecule has 0 saturated heterocycles. The fraction of sp³-hybridized carbons (Fsp3) is 0.500. The van der Waals surface area contributed by atoms with Crippen LogP contribution < -0.4 is 4.72 Å². The highest BCUT2D eigenvalue weighted by Gasteiger charge is 2.28. The van der Waals surface area contributed by atoms with E-state index in [1.807, 2.05) is 13.8 Å². The molecule has 0 radical (unpaired) electrons. The minimum atomic E-state index is -4.14. The summed E-state index contributed by atoms with van der Waals surface area (Å²) in [7, 11) is -2.96. The maximum atomic E-state index is 13.7. The minimum Gasteiger partial charge on any atom is -0.468 e. The van der Waals surface area contributed by atoms with Crippen molar-refractivity contribution in [1.82, 2.24) is 4.72 Å². The zero-order valence-corrected chi connectivity index (χ0v) is 13.3. The number of methoxy groups -OCH3 is 1. The molecule has 21 heavy (non-hydrogen) atoms. The maximum Gasteiger partial charge on any atom is 0.323 e. The molecule has 1 N–H and O–H groups in total. The molecule has 0 aromatic heterocycles. The molecule has 1 aromatic carbocycles. The van der Waals surface area contributed by atoms with E-state index in [-0.39, 0.29) is 12.3 Å². The van der Waals surface area contributed by atoms with Crippen LogP contribution in [0, 0.1) is 18.7 Å². The highest BCUT2D eigenvalue weighted by atomic mass is 32.2. The Labute approximate surface area is 124 Å². The van der Waals surface area contributed by atoms with Gasteiger partial charge in [-0.3, -0.25) is 4.79 Å². The number of aryl methyl sites for hydroxylation is 1. The van der Waals surface area contributed by atoms with Crippen LogP contribution in [-0.4, -0.2) is 27.5 Å². The minimum absolute atomic E-state index is 0.0687. The van der Waals surface area contributed by atoms with Gasteiger partial charge in [0.15, 0.2) is 0 Å². The first-order valence-corrected chi connectivity index (χ1v) is 8.02. The van der Waals surface area contributed by atoms with Crippen molar-refractivity contribution < 1.29 is 22.3 Å². The van der Waals surface area contributed by atoms with Gasteiger partial charge in [0, 0.05) is 0 Å². The summed E-state index contributed by atoms with van der Waals surface area (Å²) < 4.78 is 45.0. The molecule has 0 aliphatic carbocycles. The molecule has 7 heteroatoms. The van der Waals surface area contributed by atoms with E-state index in [0.717, 1.165) is 6.07 Å². The van der Waals surface area contributed by atoms with Gasteiger partial charge in [-0.25, -0.2) is 12.8 Å². The number of nitrogens with one attached hydrogen (secondary N) is 1. The molecule has 0 aliphatic heterocycles. The quantitative estimate of drug-likeness (QED) is 0.815. The SMILES string of the molecule is COC(=O)C(CC(C)C)NS(=O)(=O)c1cc(C)ccc1F. The predicted molar refractivity (Wildman–Crippen MR) is 76.7 cm³/mol. The summed E-state index contributed by atoms with van der Waals surface area (Å²) in [5.74, 6) is -1.49. The van der Waals surface area contributed by atoms with Gasteiger partial charge < -0.3 is 4.74 Å². The third kappa shape index (κ3) is 4.78. The lowest BCUT2D eigenvalue weighted by Crippen LogP contribution is -2.42. The summed E-state index contributed by atoms with van der Waals surface area (Å²) in [5.41, 5.74) is 0.607. The number of carbonyl (C=O) groups excluding carboxylic acids is 1. The second-order valence-corrected chi connectivity index (χ2v) is 6.94. The maximum absolute atomic E-state index is 13.7. The van der Waals surface area contributed by atoms with Crippen LogP contribution in [0.15, 0.2) is 23.1 Å². The average molecular weight is 317 g/mol. The first kappa shape index (κ1) is 17.6. The van der Waals surface area contributed by atoms with Crippen molar-refractivity contribution in [2.45, 2.75) is 38.1 Å². The largest absolute Gasteiger partial charge is 0.468 e. The van der Waals surface area contributed by atoms with E-state index in [4.69, 9.17) is 0 Å². The number of hydrogen-bond acceptors (Lipinski definition) is 4.